The van der Waals surface area contributed by atoms with Crippen LogP contribution in [-0.2, 0) is 13.1 Å². The van der Waals surface area contributed by atoms with Crippen molar-refractivity contribution in [1.29, 1.82) is 0 Å². The highest BCUT2D eigenvalue weighted by molar-refractivity contribution is 4.84. The van der Waals surface area contributed by atoms with Crippen molar-refractivity contribution in [2.75, 3.05) is 13.2 Å². The minimum absolute atomic E-state index is 0.212. The van der Waals surface area contributed by atoms with E-state index < -0.39 is 19.1 Å². The van der Waals surface area contributed by atoms with E-state index in [1.165, 1.54) is 6.33 Å². The lowest BCUT2D eigenvalue weighted by Crippen LogP contribution is -2.36. The summed E-state index contributed by atoms with van der Waals surface area (Å²) in [5.41, 5.74) is 0. The molecule has 0 unspecified atom stereocenters. The van der Waals surface area contributed by atoms with Crippen molar-refractivity contribution in [2.24, 2.45) is 0 Å². The van der Waals surface area contributed by atoms with Crippen LogP contribution in [0.15, 0.2) is 6.33 Å². The summed E-state index contributed by atoms with van der Waals surface area (Å²) in [6.07, 6.45) is 1.38. The van der Waals surface area contributed by atoms with Crippen molar-refractivity contribution >= 4 is 0 Å². The molecule has 1 heterocycles. The minimum atomic E-state index is -3.09. The van der Waals surface area contributed by atoms with Crippen LogP contribution in [0.4, 0.5) is 8.78 Å². The number of alkyl halides is 2. The first-order valence-electron chi connectivity index (χ1n) is 4.65. The molecular weight excluding hydrogens is 206 g/mol. The quantitative estimate of drug-likeness (QED) is 0.709. The van der Waals surface area contributed by atoms with Crippen molar-refractivity contribution in [3.8, 4) is 0 Å². The predicted octanol–water partition coefficient (Wildman–Crippen LogP) is 0.0152. The van der Waals surface area contributed by atoms with Gasteiger partial charge in [-0.2, -0.15) is 5.10 Å². The SMILES string of the molecule is CCn1ncnc1CNCC(F)(F)CO. The number of hydrogen-bond donors (Lipinski definition) is 2. The Balaban J connectivity index is 2.38. The second-order valence-electron chi connectivity index (χ2n) is 3.11. The molecule has 0 aliphatic heterocycles. The van der Waals surface area contributed by atoms with E-state index in [1.54, 1.807) is 4.68 Å². The maximum absolute atomic E-state index is 12.6. The van der Waals surface area contributed by atoms with Crippen LogP contribution in [0, 0.1) is 0 Å². The molecule has 0 fully saturated rings. The Morgan fingerprint density at radius 3 is 2.93 bits per heavy atom. The Morgan fingerprint density at radius 2 is 2.33 bits per heavy atom. The predicted molar refractivity (Wildman–Crippen MR) is 49.4 cm³/mol. The lowest BCUT2D eigenvalue weighted by atomic mass is 10.3. The molecule has 1 aromatic rings. The standard InChI is InChI=1S/C8H14F2N4O/c1-2-14-7(12-6-13-14)3-11-4-8(9,10)5-15/h6,11,15H,2-5H2,1H3. The van der Waals surface area contributed by atoms with E-state index in [-0.39, 0.29) is 6.54 Å². The number of aryl methyl sites for hydroxylation is 1. The Morgan fingerprint density at radius 1 is 1.60 bits per heavy atom. The fraction of sp³-hybridized carbons (Fsp3) is 0.750. The lowest BCUT2D eigenvalue weighted by molar-refractivity contribution is -0.0479. The summed E-state index contributed by atoms with van der Waals surface area (Å²) in [6, 6.07) is 0. The fourth-order valence-electron chi connectivity index (χ4n) is 1.10. The number of aliphatic hydroxyl groups is 1. The van der Waals surface area contributed by atoms with E-state index in [1.807, 2.05) is 6.92 Å². The van der Waals surface area contributed by atoms with Crippen LogP contribution in [0.5, 0.6) is 0 Å². The molecule has 0 radical (unpaired) electrons. The molecule has 0 aliphatic carbocycles. The Labute approximate surface area is 86.1 Å². The van der Waals surface area contributed by atoms with Crippen molar-refractivity contribution in [1.82, 2.24) is 20.1 Å². The first-order valence-corrected chi connectivity index (χ1v) is 4.65. The van der Waals surface area contributed by atoms with Gasteiger partial charge in [0.1, 0.15) is 18.8 Å². The molecule has 1 rings (SSSR count). The molecule has 7 heteroatoms. The monoisotopic (exact) mass is 220 g/mol. The number of nitrogens with zero attached hydrogens (tertiary/aromatic N) is 3. The second-order valence-corrected chi connectivity index (χ2v) is 3.11. The molecule has 0 aliphatic rings. The largest absolute Gasteiger partial charge is 0.390 e. The third kappa shape index (κ3) is 3.52. The number of rotatable bonds is 6. The van der Waals surface area contributed by atoms with Gasteiger partial charge in [0.25, 0.3) is 5.92 Å². The third-order valence-corrected chi connectivity index (χ3v) is 1.89. The fourth-order valence-corrected chi connectivity index (χ4v) is 1.10. The molecule has 0 saturated heterocycles. The summed E-state index contributed by atoms with van der Waals surface area (Å²) < 4.78 is 26.8. The maximum Gasteiger partial charge on any atom is 0.282 e. The first-order chi connectivity index (χ1) is 7.09. The van der Waals surface area contributed by atoms with Gasteiger partial charge in [-0.3, -0.25) is 0 Å². The highest BCUT2D eigenvalue weighted by atomic mass is 19.3. The summed E-state index contributed by atoms with van der Waals surface area (Å²) in [4.78, 5) is 3.91. The Kier molecular flexibility index (Phi) is 4.10. The normalized spacial score (nSPS) is 12.0. The highest BCUT2D eigenvalue weighted by Gasteiger charge is 2.26. The van der Waals surface area contributed by atoms with Gasteiger partial charge >= 0.3 is 0 Å². The molecule has 0 atom stereocenters. The molecule has 2 N–H and O–H groups in total. The van der Waals surface area contributed by atoms with E-state index in [0.717, 1.165) is 0 Å². The van der Waals surface area contributed by atoms with Gasteiger partial charge in [-0.05, 0) is 6.92 Å². The molecule has 0 amide bonds. The van der Waals surface area contributed by atoms with Gasteiger partial charge in [0.2, 0.25) is 0 Å². The number of halogens is 2. The van der Waals surface area contributed by atoms with Crippen LogP contribution in [0.1, 0.15) is 12.7 Å². The van der Waals surface area contributed by atoms with Gasteiger partial charge in [-0.1, -0.05) is 0 Å². The van der Waals surface area contributed by atoms with Crippen LogP contribution < -0.4 is 5.32 Å². The van der Waals surface area contributed by atoms with Gasteiger partial charge in [0, 0.05) is 6.54 Å². The second kappa shape index (κ2) is 5.13. The zero-order valence-electron chi connectivity index (χ0n) is 8.45. The Bertz CT molecular complexity index is 303. The third-order valence-electron chi connectivity index (χ3n) is 1.89. The first kappa shape index (κ1) is 12.0. The molecule has 0 bridgehead atoms. The average molecular weight is 220 g/mol. The van der Waals surface area contributed by atoms with E-state index in [0.29, 0.717) is 12.4 Å². The number of aromatic nitrogens is 3. The summed E-state index contributed by atoms with van der Waals surface area (Å²) in [6.45, 7) is 1.03. The molecule has 1 aromatic heterocycles. The van der Waals surface area contributed by atoms with E-state index in [4.69, 9.17) is 5.11 Å². The van der Waals surface area contributed by atoms with Gasteiger partial charge in [-0.25, -0.2) is 18.4 Å². The van der Waals surface area contributed by atoms with Crippen molar-refractivity contribution in [3.63, 3.8) is 0 Å². The molecule has 15 heavy (non-hydrogen) atoms. The van der Waals surface area contributed by atoms with Crippen LogP contribution in [-0.4, -0.2) is 38.9 Å². The molecule has 0 spiro atoms. The molecular formula is C8H14F2N4O. The zero-order chi connectivity index (χ0) is 11.3. The zero-order valence-corrected chi connectivity index (χ0v) is 8.45. The van der Waals surface area contributed by atoms with Crippen LogP contribution in [0.3, 0.4) is 0 Å². The van der Waals surface area contributed by atoms with Crippen LogP contribution in [0.25, 0.3) is 0 Å². The number of hydrogen-bond acceptors (Lipinski definition) is 4. The minimum Gasteiger partial charge on any atom is -0.390 e. The molecule has 5 nitrogen and oxygen atoms in total. The number of aliphatic hydroxyl groups excluding tert-OH is 1. The Hall–Kier alpha value is -1.08. The smallest absolute Gasteiger partial charge is 0.282 e. The van der Waals surface area contributed by atoms with E-state index in [9.17, 15) is 8.78 Å². The van der Waals surface area contributed by atoms with Crippen LogP contribution >= 0.6 is 0 Å². The van der Waals surface area contributed by atoms with Gasteiger partial charge < -0.3 is 10.4 Å². The summed E-state index contributed by atoms with van der Waals surface area (Å²) in [5.74, 6) is -2.48. The average Bonchev–Trinajstić information content (AvgIpc) is 2.65. The highest BCUT2D eigenvalue weighted by Crippen LogP contribution is 2.09. The number of nitrogens with one attached hydrogen (secondary N) is 1. The van der Waals surface area contributed by atoms with Gasteiger partial charge in [0.15, 0.2) is 0 Å². The van der Waals surface area contributed by atoms with Gasteiger partial charge in [0.05, 0.1) is 13.1 Å². The summed E-state index contributed by atoms with van der Waals surface area (Å²) in [7, 11) is 0. The van der Waals surface area contributed by atoms with Crippen molar-refractivity contribution < 1.29 is 13.9 Å². The lowest BCUT2D eigenvalue weighted by Gasteiger charge is -2.13. The topological polar surface area (TPSA) is 63.0 Å². The van der Waals surface area contributed by atoms with Crippen LogP contribution in [0.2, 0.25) is 0 Å². The van der Waals surface area contributed by atoms with Gasteiger partial charge in [-0.15, -0.1) is 0 Å². The maximum atomic E-state index is 12.6. The summed E-state index contributed by atoms with van der Waals surface area (Å²) >= 11 is 0. The van der Waals surface area contributed by atoms with Crippen molar-refractivity contribution in [2.45, 2.75) is 25.9 Å². The summed E-state index contributed by atoms with van der Waals surface area (Å²) in [5, 5.41) is 14.7. The molecule has 0 saturated carbocycles. The molecule has 86 valence electrons. The molecule has 0 aromatic carbocycles. The van der Waals surface area contributed by atoms with E-state index >= 15 is 0 Å². The van der Waals surface area contributed by atoms with Crippen molar-refractivity contribution in [3.05, 3.63) is 12.2 Å². The van der Waals surface area contributed by atoms with E-state index in [2.05, 4.69) is 15.4 Å².